The summed E-state index contributed by atoms with van der Waals surface area (Å²) in [7, 11) is -2.32. The molecule has 0 saturated carbocycles. The van der Waals surface area contributed by atoms with Crippen LogP contribution < -0.4 is 9.46 Å². The minimum atomic E-state index is -3.84. The Hall–Kier alpha value is -2.49. The minimum absolute atomic E-state index is 0.105. The van der Waals surface area contributed by atoms with Crippen LogP contribution in [0, 0.1) is 5.92 Å². The van der Waals surface area contributed by atoms with Crippen LogP contribution in [0.4, 0.5) is 0 Å². The van der Waals surface area contributed by atoms with E-state index in [9.17, 15) is 13.2 Å². The van der Waals surface area contributed by atoms with Gasteiger partial charge in [0.1, 0.15) is 11.8 Å². The van der Waals surface area contributed by atoms with Gasteiger partial charge in [0.15, 0.2) is 0 Å². The zero-order valence-electron chi connectivity index (χ0n) is 18.2. The Morgan fingerprint density at radius 2 is 1.81 bits per heavy atom. The molecule has 1 fully saturated rings. The van der Waals surface area contributed by atoms with Crippen LogP contribution in [0.3, 0.4) is 0 Å². The number of aromatic nitrogens is 1. The number of carbonyl (C=O) groups is 1. The van der Waals surface area contributed by atoms with Crippen molar-refractivity contribution in [1.29, 1.82) is 0 Å². The number of hydrogen-bond acceptors (Lipinski definition) is 6. The van der Waals surface area contributed by atoms with Gasteiger partial charge in [-0.05, 0) is 41.8 Å². The molecule has 0 bridgehead atoms. The molecule has 31 heavy (non-hydrogen) atoms. The number of ether oxygens (including phenoxy) is 1. The van der Waals surface area contributed by atoms with E-state index in [4.69, 9.17) is 4.74 Å². The van der Waals surface area contributed by atoms with Crippen molar-refractivity contribution in [2.75, 3.05) is 33.3 Å². The van der Waals surface area contributed by atoms with Crippen LogP contribution in [-0.2, 0) is 21.4 Å². The lowest BCUT2D eigenvalue weighted by atomic mass is 10.0. The van der Waals surface area contributed by atoms with Crippen molar-refractivity contribution < 1.29 is 17.9 Å². The van der Waals surface area contributed by atoms with E-state index < -0.39 is 16.1 Å². The second-order valence-corrected chi connectivity index (χ2v) is 9.70. The maximum Gasteiger partial charge on any atom is 0.241 e. The van der Waals surface area contributed by atoms with E-state index in [2.05, 4.69) is 14.6 Å². The highest BCUT2D eigenvalue weighted by Gasteiger charge is 2.33. The van der Waals surface area contributed by atoms with E-state index in [-0.39, 0.29) is 16.7 Å². The fraction of sp³-hybridized carbons (Fsp3) is 0.455. The van der Waals surface area contributed by atoms with Crippen LogP contribution in [0.2, 0.25) is 0 Å². The van der Waals surface area contributed by atoms with Gasteiger partial charge in [-0.25, -0.2) is 8.42 Å². The van der Waals surface area contributed by atoms with Crippen LogP contribution in [0.25, 0.3) is 0 Å². The Bertz CT molecular complexity index is 957. The van der Waals surface area contributed by atoms with Crippen molar-refractivity contribution in [2.24, 2.45) is 5.92 Å². The molecule has 9 heteroatoms. The third-order valence-corrected chi connectivity index (χ3v) is 6.85. The van der Waals surface area contributed by atoms with E-state index in [1.54, 1.807) is 23.2 Å². The summed E-state index contributed by atoms with van der Waals surface area (Å²) >= 11 is 0. The van der Waals surface area contributed by atoms with Gasteiger partial charge in [-0.1, -0.05) is 19.9 Å². The molecule has 1 atom stereocenters. The van der Waals surface area contributed by atoms with Gasteiger partial charge >= 0.3 is 0 Å². The molecular formula is C22H30N4O4S. The first kappa shape index (κ1) is 23.2. The van der Waals surface area contributed by atoms with E-state index in [1.807, 2.05) is 32.2 Å². The normalized spacial score (nSPS) is 16.3. The van der Waals surface area contributed by atoms with Gasteiger partial charge in [0.25, 0.3) is 0 Å². The van der Waals surface area contributed by atoms with Crippen LogP contribution in [0.1, 0.15) is 19.4 Å². The van der Waals surface area contributed by atoms with Gasteiger partial charge in [0, 0.05) is 45.1 Å². The van der Waals surface area contributed by atoms with Crippen LogP contribution in [0.5, 0.6) is 5.75 Å². The van der Waals surface area contributed by atoms with Gasteiger partial charge in [0.05, 0.1) is 12.0 Å². The van der Waals surface area contributed by atoms with Crippen LogP contribution in [0.15, 0.2) is 53.7 Å². The molecule has 2 heterocycles. The highest BCUT2D eigenvalue weighted by atomic mass is 32.2. The van der Waals surface area contributed by atoms with Crippen LogP contribution >= 0.6 is 0 Å². The Kier molecular flexibility index (Phi) is 7.64. The number of methoxy groups -OCH3 is 1. The predicted molar refractivity (Wildman–Crippen MR) is 118 cm³/mol. The number of nitrogens with zero attached hydrogens (tertiary/aromatic N) is 3. The lowest BCUT2D eigenvalue weighted by molar-refractivity contribution is -0.135. The number of nitrogens with one attached hydrogen (secondary N) is 1. The standard InChI is InChI=1S/C22H30N4O4S/c1-17(2)21(24-31(28,29)20-8-6-19(30-3)7-9-20)22(27)26-13-11-25(12-14-26)16-18-5-4-10-23-15-18/h4-10,15,17,21,24H,11-14,16H2,1-3H3/t21-/m0/s1. The molecule has 1 amide bonds. The van der Waals surface area contributed by atoms with E-state index in [0.29, 0.717) is 18.8 Å². The molecule has 168 valence electrons. The molecule has 1 aliphatic rings. The number of pyridine rings is 1. The summed E-state index contributed by atoms with van der Waals surface area (Å²) in [4.78, 5) is 21.4. The van der Waals surface area contributed by atoms with E-state index in [1.165, 1.54) is 19.2 Å². The number of carbonyl (C=O) groups excluding carboxylic acids is 1. The Labute approximate surface area is 184 Å². The molecule has 8 nitrogen and oxygen atoms in total. The number of sulfonamides is 1. The summed E-state index contributed by atoms with van der Waals surface area (Å²) in [6, 6.07) is 9.24. The smallest absolute Gasteiger partial charge is 0.241 e. The number of rotatable bonds is 8. The van der Waals surface area contributed by atoms with Gasteiger partial charge in [0.2, 0.25) is 15.9 Å². The van der Waals surface area contributed by atoms with Crippen molar-refractivity contribution in [2.45, 2.75) is 31.3 Å². The fourth-order valence-corrected chi connectivity index (χ4v) is 4.87. The summed E-state index contributed by atoms with van der Waals surface area (Å²) in [6.45, 7) is 7.07. The molecule has 0 unspecified atom stereocenters. The maximum absolute atomic E-state index is 13.2. The quantitative estimate of drug-likeness (QED) is 0.664. The van der Waals surface area contributed by atoms with Gasteiger partial charge in [-0.3, -0.25) is 14.7 Å². The topological polar surface area (TPSA) is 91.8 Å². The third-order valence-electron chi connectivity index (χ3n) is 5.40. The molecule has 1 aromatic heterocycles. The predicted octanol–water partition coefficient (Wildman–Crippen LogP) is 1.74. The van der Waals surface area contributed by atoms with Crippen molar-refractivity contribution in [1.82, 2.24) is 19.5 Å². The lowest BCUT2D eigenvalue weighted by Crippen LogP contribution is -2.56. The summed E-state index contributed by atoms with van der Waals surface area (Å²) in [5.41, 5.74) is 1.13. The molecule has 0 spiro atoms. The summed E-state index contributed by atoms with van der Waals surface area (Å²) in [5, 5.41) is 0. The molecule has 1 N–H and O–H groups in total. The highest BCUT2D eigenvalue weighted by molar-refractivity contribution is 7.89. The third kappa shape index (κ3) is 6.03. The number of hydrogen-bond donors (Lipinski definition) is 1. The average Bonchev–Trinajstić information content (AvgIpc) is 2.78. The first-order valence-corrected chi connectivity index (χ1v) is 11.8. The Morgan fingerprint density at radius 1 is 1.13 bits per heavy atom. The van der Waals surface area contributed by atoms with Crippen molar-refractivity contribution in [3.63, 3.8) is 0 Å². The molecular weight excluding hydrogens is 416 g/mol. The molecule has 1 saturated heterocycles. The molecule has 2 aromatic rings. The zero-order valence-corrected chi connectivity index (χ0v) is 19.0. The monoisotopic (exact) mass is 446 g/mol. The van der Waals surface area contributed by atoms with Crippen molar-refractivity contribution in [3.05, 3.63) is 54.4 Å². The van der Waals surface area contributed by atoms with Crippen molar-refractivity contribution >= 4 is 15.9 Å². The lowest BCUT2D eigenvalue weighted by Gasteiger charge is -2.37. The summed E-state index contributed by atoms with van der Waals surface area (Å²) in [6.07, 6.45) is 3.60. The van der Waals surface area contributed by atoms with Crippen LogP contribution in [-0.4, -0.2) is 68.4 Å². The molecule has 1 aromatic carbocycles. The highest BCUT2D eigenvalue weighted by Crippen LogP contribution is 2.18. The Balaban J connectivity index is 1.62. The first-order chi connectivity index (χ1) is 14.8. The second kappa shape index (κ2) is 10.2. The number of benzene rings is 1. The maximum atomic E-state index is 13.2. The van der Waals surface area contributed by atoms with Gasteiger partial charge in [-0.15, -0.1) is 0 Å². The SMILES string of the molecule is COc1ccc(S(=O)(=O)N[C@H](C(=O)N2CCN(Cc3cccnc3)CC2)C(C)C)cc1. The van der Waals surface area contributed by atoms with Crippen molar-refractivity contribution in [3.8, 4) is 5.75 Å². The van der Waals surface area contributed by atoms with E-state index in [0.717, 1.165) is 25.2 Å². The van der Waals surface area contributed by atoms with E-state index >= 15 is 0 Å². The average molecular weight is 447 g/mol. The minimum Gasteiger partial charge on any atom is -0.497 e. The summed E-state index contributed by atoms with van der Waals surface area (Å²) < 4.78 is 33.4. The number of amides is 1. The summed E-state index contributed by atoms with van der Waals surface area (Å²) in [5.74, 6) is 0.196. The fourth-order valence-electron chi connectivity index (χ4n) is 3.53. The first-order valence-electron chi connectivity index (χ1n) is 10.4. The van der Waals surface area contributed by atoms with Gasteiger partial charge < -0.3 is 9.64 Å². The number of piperazine rings is 1. The largest absolute Gasteiger partial charge is 0.497 e. The van der Waals surface area contributed by atoms with Gasteiger partial charge in [-0.2, -0.15) is 4.72 Å². The molecule has 0 radical (unpaired) electrons. The zero-order chi connectivity index (χ0) is 22.4. The molecule has 0 aliphatic carbocycles. The molecule has 1 aliphatic heterocycles. The molecule has 3 rings (SSSR count). The second-order valence-electron chi connectivity index (χ2n) is 7.98. The Morgan fingerprint density at radius 3 is 2.35 bits per heavy atom.